The van der Waals surface area contributed by atoms with Crippen LogP contribution in [0.4, 0.5) is 5.69 Å². The first-order chi connectivity index (χ1) is 7.99. The maximum atomic E-state index is 11.1. The molecule has 0 bridgehead atoms. The summed E-state index contributed by atoms with van der Waals surface area (Å²) in [4.78, 5) is 24.7. The Hall–Kier alpha value is -1.82. The normalized spacial score (nSPS) is 10.5. The highest BCUT2D eigenvalue weighted by molar-refractivity contribution is 9.10. The predicted molar refractivity (Wildman–Crippen MR) is 64.6 cm³/mol. The lowest BCUT2D eigenvalue weighted by Crippen LogP contribution is -2.24. The first-order valence-corrected chi connectivity index (χ1v) is 5.58. The largest absolute Gasteiger partial charge is 0.543 e. The van der Waals surface area contributed by atoms with Crippen LogP contribution in [0, 0.1) is 0 Å². The highest BCUT2D eigenvalue weighted by Gasteiger charge is 2.13. The van der Waals surface area contributed by atoms with Crippen LogP contribution in [-0.4, -0.2) is 16.9 Å². The third-order valence-electron chi connectivity index (χ3n) is 2.27. The zero-order valence-electron chi connectivity index (χ0n) is 8.83. The van der Waals surface area contributed by atoms with Gasteiger partial charge in [-0.05, 0) is 18.2 Å². The number of hydrogen-bond donors (Lipinski definition) is 2. The van der Waals surface area contributed by atoms with E-state index in [1.807, 2.05) is 0 Å². The molecule has 0 fully saturated rings. The molecule has 0 saturated carbocycles. The Labute approximate surface area is 105 Å². The quantitative estimate of drug-likeness (QED) is 0.874. The molecule has 0 aliphatic rings. The lowest BCUT2D eigenvalue weighted by atomic mass is 10.2. The van der Waals surface area contributed by atoms with Gasteiger partial charge in [0.2, 0.25) is 5.91 Å². The maximum Gasteiger partial charge on any atom is 0.221 e. The number of aromatic nitrogens is 1. The zero-order chi connectivity index (χ0) is 12.6. The summed E-state index contributed by atoms with van der Waals surface area (Å²) in [6, 6.07) is 5.22. The van der Waals surface area contributed by atoms with Gasteiger partial charge in [0.05, 0.1) is 17.4 Å². The lowest BCUT2D eigenvalue weighted by molar-refractivity contribution is -0.255. The topological polar surface area (TPSA) is 85.0 Å². The molecule has 5 nitrogen and oxygen atoms in total. The van der Waals surface area contributed by atoms with Crippen molar-refractivity contribution in [2.75, 3.05) is 5.32 Å². The molecule has 6 heteroatoms. The van der Waals surface area contributed by atoms with Gasteiger partial charge in [-0.3, -0.25) is 4.79 Å². The van der Waals surface area contributed by atoms with Gasteiger partial charge in [0.25, 0.3) is 0 Å². The van der Waals surface area contributed by atoms with E-state index in [0.717, 1.165) is 4.47 Å². The number of aromatic amines is 1. The number of nitrogens with one attached hydrogen (secondary N) is 2. The van der Waals surface area contributed by atoms with E-state index < -0.39 is 5.97 Å². The highest BCUT2D eigenvalue weighted by Crippen LogP contribution is 2.29. The van der Waals surface area contributed by atoms with Crippen molar-refractivity contribution in [3.05, 3.63) is 28.4 Å². The number of carboxylic acids is 1. The average Bonchev–Trinajstić information content (AvgIpc) is 2.56. The van der Waals surface area contributed by atoms with Gasteiger partial charge in [0.1, 0.15) is 0 Å². The van der Waals surface area contributed by atoms with Crippen molar-refractivity contribution in [3.63, 3.8) is 0 Å². The monoisotopic (exact) mass is 295 g/mol. The third kappa shape index (κ3) is 2.16. The summed E-state index contributed by atoms with van der Waals surface area (Å²) in [5, 5.41) is 14.1. The van der Waals surface area contributed by atoms with Crippen molar-refractivity contribution in [3.8, 4) is 0 Å². The molecule has 2 rings (SSSR count). The van der Waals surface area contributed by atoms with Crippen LogP contribution < -0.4 is 10.4 Å². The van der Waals surface area contributed by atoms with Gasteiger partial charge >= 0.3 is 0 Å². The summed E-state index contributed by atoms with van der Waals surface area (Å²) >= 11 is 3.29. The zero-order valence-corrected chi connectivity index (χ0v) is 10.4. The number of carboxylic acid groups (broad SMARTS) is 1. The van der Waals surface area contributed by atoms with Gasteiger partial charge in [-0.25, -0.2) is 0 Å². The molecule has 1 amide bonds. The van der Waals surface area contributed by atoms with Crippen LogP contribution in [0.15, 0.2) is 22.7 Å². The third-order valence-corrected chi connectivity index (χ3v) is 2.76. The van der Waals surface area contributed by atoms with Gasteiger partial charge < -0.3 is 20.2 Å². The van der Waals surface area contributed by atoms with Crippen LogP contribution in [0.3, 0.4) is 0 Å². The minimum Gasteiger partial charge on any atom is -0.543 e. The number of halogens is 1. The van der Waals surface area contributed by atoms with Gasteiger partial charge in [-0.15, -0.1) is 0 Å². The Morgan fingerprint density at radius 3 is 2.71 bits per heavy atom. The van der Waals surface area contributed by atoms with Gasteiger partial charge in [-0.1, -0.05) is 15.9 Å². The number of carbonyl (C=O) groups is 2. The van der Waals surface area contributed by atoms with Gasteiger partial charge in [0, 0.05) is 22.3 Å². The Balaban J connectivity index is 2.72. The van der Waals surface area contributed by atoms with E-state index in [4.69, 9.17) is 0 Å². The van der Waals surface area contributed by atoms with E-state index in [9.17, 15) is 14.7 Å². The molecular formula is C11H8BrN2O3-. The van der Waals surface area contributed by atoms with Gasteiger partial charge in [-0.2, -0.15) is 0 Å². The molecule has 2 aromatic rings. The van der Waals surface area contributed by atoms with Crippen molar-refractivity contribution in [2.45, 2.75) is 6.92 Å². The number of H-pyrrole nitrogens is 1. The molecule has 0 radical (unpaired) electrons. The standard InChI is InChI=1S/C11H9BrN2O3/c1-5(15)13-9-7-4-6(12)2-3-8(7)14-10(9)11(16)17/h2-4,14H,1H3,(H,13,15)(H,16,17)/p-1. The number of fused-ring (bicyclic) bond motifs is 1. The average molecular weight is 296 g/mol. The number of hydrogen-bond acceptors (Lipinski definition) is 3. The van der Waals surface area contributed by atoms with Crippen LogP contribution in [0.1, 0.15) is 17.4 Å². The van der Waals surface area contributed by atoms with E-state index >= 15 is 0 Å². The smallest absolute Gasteiger partial charge is 0.221 e. The Kier molecular flexibility index (Phi) is 2.89. The second-order valence-electron chi connectivity index (χ2n) is 3.53. The SMILES string of the molecule is CC(=O)Nc1c(C(=O)[O-])[nH]c2ccc(Br)cc12. The number of amides is 1. The molecule has 17 heavy (non-hydrogen) atoms. The molecule has 0 spiro atoms. The Morgan fingerprint density at radius 1 is 1.41 bits per heavy atom. The minimum absolute atomic E-state index is 0.131. The van der Waals surface area contributed by atoms with E-state index in [0.29, 0.717) is 10.9 Å². The molecule has 0 aliphatic heterocycles. The van der Waals surface area contributed by atoms with Crippen molar-refractivity contribution in [1.82, 2.24) is 4.98 Å². The molecule has 1 aromatic heterocycles. The van der Waals surface area contributed by atoms with Crippen molar-refractivity contribution in [2.24, 2.45) is 0 Å². The molecule has 88 valence electrons. The molecular weight excluding hydrogens is 288 g/mol. The van der Waals surface area contributed by atoms with E-state index in [2.05, 4.69) is 26.2 Å². The molecule has 0 saturated heterocycles. The van der Waals surface area contributed by atoms with Crippen LogP contribution >= 0.6 is 15.9 Å². The Morgan fingerprint density at radius 2 is 2.12 bits per heavy atom. The number of carbonyl (C=O) groups excluding carboxylic acids is 2. The van der Waals surface area contributed by atoms with Crippen molar-refractivity contribution < 1.29 is 14.7 Å². The fourth-order valence-corrected chi connectivity index (χ4v) is 1.98. The van der Waals surface area contributed by atoms with E-state index in [1.165, 1.54) is 6.92 Å². The summed E-state index contributed by atoms with van der Waals surface area (Å²) in [5.74, 6) is -1.70. The number of aromatic carboxylic acids is 1. The molecule has 1 heterocycles. The summed E-state index contributed by atoms with van der Waals surface area (Å²) in [6.45, 7) is 1.32. The number of anilines is 1. The van der Waals surface area contributed by atoms with Crippen molar-refractivity contribution in [1.29, 1.82) is 0 Å². The lowest BCUT2D eigenvalue weighted by Gasteiger charge is -2.05. The summed E-state index contributed by atoms with van der Waals surface area (Å²) in [6.07, 6.45) is 0. The second-order valence-corrected chi connectivity index (χ2v) is 4.45. The van der Waals surface area contributed by atoms with Crippen LogP contribution in [0.25, 0.3) is 10.9 Å². The van der Waals surface area contributed by atoms with E-state index in [-0.39, 0.29) is 17.3 Å². The van der Waals surface area contributed by atoms with Crippen LogP contribution in [-0.2, 0) is 4.79 Å². The predicted octanol–water partition coefficient (Wildman–Crippen LogP) is 1.25. The number of rotatable bonds is 2. The second kappa shape index (κ2) is 4.21. The molecule has 0 atom stereocenters. The molecule has 0 unspecified atom stereocenters. The molecule has 2 N–H and O–H groups in total. The Bertz CT molecular complexity index is 618. The first-order valence-electron chi connectivity index (χ1n) is 4.79. The molecule has 0 aliphatic carbocycles. The summed E-state index contributed by atoms with van der Waals surface area (Å²) < 4.78 is 0.792. The molecule has 1 aromatic carbocycles. The fraction of sp³-hybridized carbons (Fsp3) is 0.0909. The maximum absolute atomic E-state index is 11.1. The minimum atomic E-state index is -1.36. The van der Waals surface area contributed by atoms with Gasteiger partial charge in [0.15, 0.2) is 0 Å². The summed E-state index contributed by atoms with van der Waals surface area (Å²) in [7, 11) is 0. The number of benzene rings is 1. The first kappa shape index (κ1) is 11.7. The highest BCUT2D eigenvalue weighted by atomic mass is 79.9. The summed E-state index contributed by atoms with van der Waals surface area (Å²) in [5.41, 5.74) is 0.721. The van der Waals surface area contributed by atoms with Crippen LogP contribution in [0.2, 0.25) is 0 Å². The van der Waals surface area contributed by atoms with Crippen LogP contribution in [0.5, 0.6) is 0 Å². The van der Waals surface area contributed by atoms with Crippen molar-refractivity contribution >= 4 is 44.4 Å². The van der Waals surface area contributed by atoms with E-state index in [1.54, 1.807) is 18.2 Å². The fourth-order valence-electron chi connectivity index (χ4n) is 1.62.